The van der Waals surface area contributed by atoms with E-state index in [-0.39, 0.29) is 10.7 Å². The van der Waals surface area contributed by atoms with Gasteiger partial charge in [-0.25, -0.2) is 4.63 Å². The highest BCUT2D eigenvalue weighted by molar-refractivity contribution is 5.26. The van der Waals surface area contributed by atoms with Crippen molar-refractivity contribution in [2.45, 2.75) is 6.92 Å². The van der Waals surface area contributed by atoms with Crippen LogP contribution < -0.4 is 0 Å². The van der Waals surface area contributed by atoms with Gasteiger partial charge in [0.2, 0.25) is 0 Å². The van der Waals surface area contributed by atoms with Gasteiger partial charge in [-0.2, -0.15) is 0 Å². The average molecular weight is 187 g/mol. The predicted octanol–water partition coefficient (Wildman–Crippen LogP) is 0.206. The van der Waals surface area contributed by atoms with Crippen molar-refractivity contribution in [3.8, 4) is 0 Å². The first kappa shape index (κ1) is 9.03. The van der Waals surface area contributed by atoms with Crippen molar-refractivity contribution >= 4 is 5.82 Å². The summed E-state index contributed by atoms with van der Waals surface area (Å²) in [5.74, 6) is -0.0585. The highest BCUT2D eigenvalue weighted by Gasteiger charge is 2.10. The molecular formula is C4H5N5O4. The third-order valence-electron chi connectivity index (χ3n) is 1.07. The van der Waals surface area contributed by atoms with E-state index in [0.29, 0.717) is 5.69 Å². The van der Waals surface area contributed by atoms with Gasteiger partial charge < -0.3 is 5.21 Å². The first-order valence-electron chi connectivity index (χ1n) is 3.17. The number of hydroxylamine groups is 1. The Morgan fingerprint density at radius 3 is 2.69 bits per heavy atom. The Labute approximate surface area is 71.4 Å². The van der Waals surface area contributed by atoms with Crippen LogP contribution in [0.25, 0.3) is 0 Å². The van der Waals surface area contributed by atoms with E-state index in [2.05, 4.69) is 20.1 Å². The fraction of sp³-hybridized carbons (Fsp3) is 0.500. The maximum absolute atomic E-state index is 10.7. The number of aromatic nitrogens is 2. The first-order chi connectivity index (χ1) is 6.09. The molecule has 0 radical (unpaired) electrons. The minimum Gasteiger partial charge on any atom is -0.595 e. The molecule has 13 heavy (non-hydrogen) atoms. The monoisotopic (exact) mass is 187 g/mol. The largest absolute Gasteiger partial charge is 0.595 e. The summed E-state index contributed by atoms with van der Waals surface area (Å²) in [5, 5.41) is 30.3. The predicted molar refractivity (Wildman–Crippen MR) is 36.6 cm³/mol. The Morgan fingerprint density at radius 1 is 1.54 bits per heavy atom. The molecule has 0 amide bonds. The lowest BCUT2D eigenvalue weighted by Crippen LogP contribution is -2.11. The highest BCUT2D eigenvalue weighted by Crippen LogP contribution is 2.11. The second kappa shape index (κ2) is 3.56. The molecule has 1 aromatic heterocycles. The molecule has 0 aliphatic heterocycles. The maximum Gasteiger partial charge on any atom is 0.422 e. The van der Waals surface area contributed by atoms with E-state index < -0.39 is 11.6 Å². The Kier molecular flexibility index (Phi) is 2.47. The van der Waals surface area contributed by atoms with Crippen LogP contribution in [0.5, 0.6) is 0 Å². The van der Waals surface area contributed by atoms with Gasteiger partial charge in [-0.3, -0.25) is 10.1 Å². The number of nitrogens with zero attached hydrogens (tertiary/aromatic N) is 5. The zero-order chi connectivity index (χ0) is 9.84. The molecule has 0 spiro atoms. The van der Waals surface area contributed by atoms with Gasteiger partial charge >= 0.3 is 6.67 Å². The molecule has 0 aliphatic rings. The summed E-state index contributed by atoms with van der Waals surface area (Å²) in [6.45, 7) is 0.571. The molecule has 1 heterocycles. The molecule has 0 saturated carbocycles. The molecule has 0 aliphatic carbocycles. The van der Waals surface area contributed by atoms with Crippen molar-refractivity contribution in [2.75, 3.05) is 6.67 Å². The van der Waals surface area contributed by atoms with Crippen LogP contribution in [0.4, 0.5) is 5.82 Å². The molecule has 0 fully saturated rings. The van der Waals surface area contributed by atoms with Gasteiger partial charge in [0, 0.05) is 5.11 Å². The van der Waals surface area contributed by atoms with Gasteiger partial charge in [-0.1, -0.05) is 5.16 Å². The second-order valence-corrected chi connectivity index (χ2v) is 2.10. The maximum atomic E-state index is 10.7. The molecule has 0 unspecified atom stereocenters. The van der Waals surface area contributed by atoms with Gasteiger partial charge in [0.05, 0.1) is 4.92 Å². The molecule has 0 aromatic carbocycles. The summed E-state index contributed by atoms with van der Waals surface area (Å²) in [5.41, 5.74) is 0.296. The number of rotatable bonds is 3. The smallest absolute Gasteiger partial charge is 0.422 e. The summed E-state index contributed by atoms with van der Waals surface area (Å²) in [6, 6.07) is 0. The number of hydrogen-bond donors (Lipinski definition) is 0. The molecule has 1 aromatic rings. The Morgan fingerprint density at radius 2 is 2.23 bits per heavy atom. The van der Waals surface area contributed by atoms with E-state index in [0.717, 1.165) is 0 Å². The van der Waals surface area contributed by atoms with E-state index >= 15 is 0 Å². The summed E-state index contributed by atoms with van der Waals surface area (Å²) >= 11 is 0. The number of hydrogen-bond acceptors (Lipinski definition) is 7. The van der Waals surface area contributed by atoms with Crippen molar-refractivity contribution < 1.29 is 14.4 Å². The lowest BCUT2D eigenvalue weighted by atomic mass is 10.5. The average Bonchev–Trinajstić information content (AvgIpc) is 2.34. The van der Waals surface area contributed by atoms with E-state index in [1.165, 1.54) is 6.92 Å². The van der Waals surface area contributed by atoms with Gasteiger partial charge in [0.25, 0.3) is 5.82 Å². The Hall–Kier alpha value is -2.06. The lowest BCUT2D eigenvalue weighted by molar-refractivity contribution is -0.710. The molecule has 0 N–H and O–H groups in total. The van der Waals surface area contributed by atoms with Crippen LogP contribution in [0.15, 0.2) is 9.74 Å². The third-order valence-corrected chi connectivity index (χ3v) is 1.07. The first-order valence-corrected chi connectivity index (χ1v) is 3.17. The molecule has 1 rings (SSSR count). The quantitative estimate of drug-likeness (QED) is 0.219. The van der Waals surface area contributed by atoms with Gasteiger partial charge in [0.15, 0.2) is 0 Å². The van der Waals surface area contributed by atoms with Crippen LogP contribution in [0.3, 0.4) is 0 Å². The van der Waals surface area contributed by atoms with Crippen LogP contribution in [0, 0.1) is 22.2 Å². The normalized spacial score (nSPS) is 11.6. The van der Waals surface area contributed by atoms with Crippen molar-refractivity contribution in [3.63, 3.8) is 0 Å². The molecule has 0 bridgehead atoms. The second-order valence-electron chi connectivity index (χ2n) is 2.10. The SMILES string of the molecule is Cc1nonc1N=[N+]([O-])C[N+](=O)[O-]. The standard InChI is InChI=1S/C4H5N5O4/c1-3-4(7-13-6-3)5-8(10)2-9(11)12/h2H2,1H3. The fourth-order valence-electron chi connectivity index (χ4n) is 0.554. The molecule has 0 saturated heterocycles. The van der Waals surface area contributed by atoms with E-state index in [4.69, 9.17) is 0 Å². The van der Waals surface area contributed by atoms with Crippen molar-refractivity contribution in [3.05, 3.63) is 21.0 Å². The van der Waals surface area contributed by atoms with Crippen LogP contribution in [0.1, 0.15) is 5.69 Å². The molecule has 70 valence electrons. The molecule has 0 atom stereocenters. The zero-order valence-corrected chi connectivity index (χ0v) is 6.58. The summed E-state index contributed by atoms with van der Waals surface area (Å²) < 4.78 is 4.22. The van der Waals surface area contributed by atoms with E-state index in [1.807, 2.05) is 0 Å². The summed E-state index contributed by atoms with van der Waals surface area (Å²) in [6.07, 6.45) is 0. The molecule has 9 heteroatoms. The summed E-state index contributed by atoms with van der Waals surface area (Å²) in [4.78, 5) is 8.96. The van der Waals surface area contributed by atoms with Crippen LogP contribution in [0.2, 0.25) is 0 Å². The van der Waals surface area contributed by atoms with Gasteiger partial charge in [-0.05, 0) is 16.9 Å². The molecule has 9 nitrogen and oxygen atoms in total. The number of azo groups is 1. The fourth-order valence-corrected chi connectivity index (χ4v) is 0.554. The van der Waals surface area contributed by atoms with E-state index in [1.54, 1.807) is 0 Å². The van der Waals surface area contributed by atoms with Crippen molar-refractivity contribution in [2.24, 2.45) is 5.11 Å². The lowest BCUT2D eigenvalue weighted by Gasteiger charge is -1.91. The Balaban J connectivity index is 2.76. The minimum atomic E-state index is -0.938. The Bertz CT molecular complexity index is 344. The third kappa shape index (κ3) is 2.47. The van der Waals surface area contributed by atoms with Crippen molar-refractivity contribution in [1.82, 2.24) is 10.3 Å². The number of nitro groups is 1. The summed E-state index contributed by atoms with van der Waals surface area (Å²) in [7, 11) is 0. The highest BCUT2D eigenvalue weighted by atomic mass is 16.6. The van der Waals surface area contributed by atoms with Gasteiger partial charge in [0.1, 0.15) is 5.69 Å². The number of aryl methyl sites for hydroxylation is 1. The van der Waals surface area contributed by atoms with Crippen LogP contribution >= 0.6 is 0 Å². The minimum absolute atomic E-state index is 0.0585. The van der Waals surface area contributed by atoms with Crippen LogP contribution in [-0.2, 0) is 0 Å². The van der Waals surface area contributed by atoms with E-state index in [9.17, 15) is 15.3 Å². The van der Waals surface area contributed by atoms with Crippen LogP contribution in [-0.4, -0.2) is 26.8 Å². The topological polar surface area (TPSA) is 120 Å². The van der Waals surface area contributed by atoms with Gasteiger partial charge in [-0.15, -0.1) is 0 Å². The zero-order valence-electron chi connectivity index (χ0n) is 6.58. The molecular weight excluding hydrogens is 182 g/mol. The van der Waals surface area contributed by atoms with Crippen molar-refractivity contribution in [1.29, 1.82) is 0 Å².